The molecule has 23 heavy (non-hydrogen) atoms. The number of rotatable bonds is 3. The first-order chi connectivity index (χ1) is 11.3. The lowest BCUT2D eigenvalue weighted by Gasteiger charge is -2.03. The molecule has 0 saturated heterocycles. The van der Waals surface area contributed by atoms with Crippen molar-refractivity contribution < 1.29 is 9.90 Å². The number of H-pyrrole nitrogens is 1. The van der Waals surface area contributed by atoms with E-state index in [9.17, 15) is 4.79 Å². The summed E-state index contributed by atoms with van der Waals surface area (Å²) in [5.41, 5.74) is 3.08. The number of aromatic nitrogens is 2. The van der Waals surface area contributed by atoms with Crippen LogP contribution < -0.4 is 0 Å². The summed E-state index contributed by atoms with van der Waals surface area (Å²) in [6.45, 7) is -0.490. The fraction of sp³-hybridized carbons (Fsp3) is 0.0526. The van der Waals surface area contributed by atoms with Crippen LogP contribution in [0, 0.1) is 0 Å². The van der Waals surface area contributed by atoms with Crippen LogP contribution in [0.4, 0.5) is 0 Å². The number of imidazole rings is 1. The quantitative estimate of drug-likeness (QED) is 0.569. The van der Waals surface area contributed by atoms with E-state index < -0.39 is 6.61 Å². The molecule has 0 amide bonds. The number of aliphatic hydroxyl groups excluding tert-OH is 1. The van der Waals surface area contributed by atoms with Crippen LogP contribution in [-0.4, -0.2) is 27.5 Å². The van der Waals surface area contributed by atoms with Crippen LogP contribution in [0.2, 0.25) is 0 Å². The fourth-order valence-electron chi connectivity index (χ4n) is 2.83. The van der Waals surface area contributed by atoms with Crippen LogP contribution in [0.25, 0.3) is 33.2 Å². The Labute approximate surface area is 132 Å². The summed E-state index contributed by atoms with van der Waals surface area (Å²) in [6.07, 6.45) is 0. The van der Waals surface area contributed by atoms with Gasteiger partial charge >= 0.3 is 0 Å². The highest BCUT2D eigenvalue weighted by atomic mass is 16.3. The molecule has 1 heterocycles. The molecular weight excluding hydrogens is 288 g/mol. The summed E-state index contributed by atoms with van der Waals surface area (Å²) < 4.78 is 0. The van der Waals surface area contributed by atoms with Crippen molar-refractivity contribution in [3.8, 4) is 11.4 Å². The number of aromatic amines is 1. The number of fused-ring (bicyclic) bond motifs is 2. The lowest BCUT2D eigenvalue weighted by Crippen LogP contribution is -2.03. The molecule has 0 atom stereocenters. The van der Waals surface area contributed by atoms with Gasteiger partial charge in [-0.05, 0) is 29.0 Å². The lowest BCUT2D eigenvalue weighted by molar-refractivity contribution is 0.0904. The van der Waals surface area contributed by atoms with Crippen molar-refractivity contribution in [1.82, 2.24) is 9.97 Å². The molecule has 0 fully saturated rings. The van der Waals surface area contributed by atoms with E-state index in [1.165, 1.54) is 0 Å². The molecule has 0 aliphatic carbocycles. The van der Waals surface area contributed by atoms with E-state index in [1.54, 1.807) is 18.2 Å². The van der Waals surface area contributed by atoms with Gasteiger partial charge in [-0.25, -0.2) is 4.98 Å². The van der Waals surface area contributed by atoms with E-state index in [1.807, 2.05) is 24.3 Å². The molecule has 0 aliphatic rings. The van der Waals surface area contributed by atoms with Crippen molar-refractivity contribution in [1.29, 1.82) is 0 Å². The Morgan fingerprint density at radius 3 is 2.74 bits per heavy atom. The average molecular weight is 302 g/mol. The molecule has 4 nitrogen and oxygen atoms in total. The summed E-state index contributed by atoms with van der Waals surface area (Å²) in [7, 11) is 0. The lowest BCUT2D eigenvalue weighted by atomic mass is 10.0. The van der Waals surface area contributed by atoms with Crippen LogP contribution in [0.15, 0.2) is 60.7 Å². The summed E-state index contributed by atoms with van der Waals surface area (Å²) in [5, 5.41) is 11.3. The highest BCUT2D eigenvalue weighted by molar-refractivity contribution is 6.00. The zero-order valence-electron chi connectivity index (χ0n) is 12.3. The number of benzene rings is 3. The van der Waals surface area contributed by atoms with Gasteiger partial charge in [0.25, 0.3) is 0 Å². The van der Waals surface area contributed by atoms with Crippen molar-refractivity contribution in [2.45, 2.75) is 0 Å². The molecule has 112 valence electrons. The highest BCUT2D eigenvalue weighted by Crippen LogP contribution is 2.28. The SMILES string of the molecule is O=C(CO)c1ccc2nc(-c3cccc4ccccc34)[nH]c2c1. The van der Waals surface area contributed by atoms with E-state index >= 15 is 0 Å². The van der Waals surface area contributed by atoms with Gasteiger partial charge in [0, 0.05) is 11.1 Å². The summed E-state index contributed by atoms with van der Waals surface area (Å²) in [6, 6.07) is 19.5. The number of aliphatic hydroxyl groups is 1. The molecule has 0 radical (unpaired) electrons. The van der Waals surface area contributed by atoms with Gasteiger partial charge in [-0.2, -0.15) is 0 Å². The molecule has 2 N–H and O–H groups in total. The van der Waals surface area contributed by atoms with Gasteiger partial charge in [0.1, 0.15) is 12.4 Å². The fourth-order valence-corrected chi connectivity index (χ4v) is 2.83. The van der Waals surface area contributed by atoms with E-state index in [-0.39, 0.29) is 5.78 Å². The van der Waals surface area contributed by atoms with E-state index in [0.29, 0.717) is 5.56 Å². The Hall–Kier alpha value is -2.98. The Bertz CT molecular complexity index is 1030. The Morgan fingerprint density at radius 2 is 1.87 bits per heavy atom. The number of hydrogen-bond donors (Lipinski definition) is 2. The topological polar surface area (TPSA) is 66.0 Å². The Balaban J connectivity index is 1.90. The van der Waals surface area contributed by atoms with Crippen LogP contribution in [0.5, 0.6) is 0 Å². The van der Waals surface area contributed by atoms with Crippen LogP contribution in [-0.2, 0) is 0 Å². The maximum absolute atomic E-state index is 11.6. The van der Waals surface area contributed by atoms with E-state index in [4.69, 9.17) is 5.11 Å². The summed E-state index contributed by atoms with van der Waals surface area (Å²) in [4.78, 5) is 19.5. The second-order valence-corrected chi connectivity index (χ2v) is 5.43. The van der Waals surface area contributed by atoms with Gasteiger partial charge in [-0.1, -0.05) is 42.5 Å². The van der Waals surface area contributed by atoms with Gasteiger partial charge in [-0.15, -0.1) is 0 Å². The average Bonchev–Trinajstić information content (AvgIpc) is 3.03. The van der Waals surface area contributed by atoms with Gasteiger partial charge in [0.15, 0.2) is 5.78 Å². The summed E-state index contributed by atoms with van der Waals surface area (Å²) in [5.74, 6) is 0.471. The van der Waals surface area contributed by atoms with Gasteiger partial charge < -0.3 is 10.1 Å². The number of nitrogens with one attached hydrogen (secondary N) is 1. The van der Waals surface area contributed by atoms with Crippen molar-refractivity contribution >= 4 is 27.6 Å². The molecule has 4 heteroatoms. The maximum Gasteiger partial charge on any atom is 0.188 e. The normalized spacial score (nSPS) is 11.2. The maximum atomic E-state index is 11.6. The molecule has 0 saturated carbocycles. The van der Waals surface area contributed by atoms with Crippen LogP contribution in [0.1, 0.15) is 10.4 Å². The van der Waals surface area contributed by atoms with E-state index in [2.05, 4.69) is 28.2 Å². The number of carbonyl (C=O) groups is 1. The minimum atomic E-state index is -0.490. The summed E-state index contributed by atoms with van der Waals surface area (Å²) >= 11 is 0. The zero-order valence-corrected chi connectivity index (χ0v) is 12.3. The molecule has 0 spiro atoms. The molecule has 4 rings (SSSR count). The largest absolute Gasteiger partial charge is 0.388 e. The zero-order chi connectivity index (χ0) is 15.8. The first-order valence-corrected chi connectivity index (χ1v) is 7.38. The number of hydrogen-bond acceptors (Lipinski definition) is 3. The third kappa shape index (κ3) is 2.29. The number of Topliss-reactive ketones (excluding diaryl/α,β-unsaturated/α-hetero) is 1. The third-order valence-corrected chi connectivity index (χ3v) is 3.99. The van der Waals surface area contributed by atoms with Crippen LogP contribution in [0.3, 0.4) is 0 Å². The van der Waals surface area contributed by atoms with Crippen molar-refractivity contribution in [3.05, 3.63) is 66.2 Å². The Morgan fingerprint density at radius 1 is 1.04 bits per heavy atom. The first kappa shape index (κ1) is 13.7. The standard InChI is InChI=1S/C19H14N2O2/c22-11-18(23)13-8-9-16-17(10-13)21-19(20-16)15-7-3-5-12-4-1-2-6-14(12)15/h1-10,22H,11H2,(H,20,21). The number of ketones is 1. The van der Waals surface area contributed by atoms with Crippen molar-refractivity contribution in [2.75, 3.05) is 6.61 Å². The Kier molecular flexibility index (Phi) is 3.17. The molecule has 0 unspecified atom stereocenters. The van der Waals surface area contributed by atoms with Gasteiger partial charge in [-0.3, -0.25) is 4.79 Å². The predicted molar refractivity (Wildman–Crippen MR) is 90.5 cm³/mol. The van der Waals surface area contributed by atoms with Crippen molar-refractivity contribution in [2.24, 2.45) is 0 Å². The van der Waals surface area contributed by atoms with Gasteiger partial charge in [0.2, 0.25) is 0 Å². The molecule has 3 aromatic carbocycles. The second kappa shape index (κ2) is 5.34. The first-order valence-electron chi connectivity index (χ1n) is 7.38. The molecule has 4 aromatic rings. The smallest absolute Gasteiger partial charge is 0.188 e. The number of carbonyl (C=O) groups excluding carboxylic acids is 1. The monoisotopic (exact) mass is 302 g/mol. The molecule has 0 aliphatic heterocycles. The van der Waals surface area contributed by atoms with Crippen molar-refractivity contribution in [3.63, 3.8) is 0 Å². The van der Waals surface area contributed by atoms with Crippen LogP contribution >= 0.6 is 0 Å². The number of nitrogens with zero attached hydrogens (tertiary/aromatic N) is 1. The third-order valence-electron chi connectivity index (χ3n) is 3.99. The molecular formula is C19H14N2O2. The van der Waals surface area contributed by atoms with E-state index in [0.717, 1.165) is 33.2 Å². The highest BCUT2D eigenvalue weighted by Gasteiger charge is 2.11. The second-order valence-electron chi connectivity index (χ2n) is 5.43. The molecule has 1 aromatic heterocycles. The minimum Gasteiger partial charge on any atom is -0.388 e. The minimum absolute atomic E-state index is 0.298. The van der Waals surface area contributed by atoms with Gasteiger partial charge in [0.05, 0.1) is 11.0 Å². The predicted octanol–water partition coefficient (Wildman–Crippen LogP) is 3.56. The molecule has 0 bridgehead atoms.